The van der Waals surface area contributed by atoms with Gasteiger partial charge in [-0.3, -0.25) is 4.79 Å². The Hall–Kier alpha value is -1.19. The zero-order chi connectivity index (χ0) is 13.0. The van der Waals surface area contributed by atoms with Gasteiger partial charge in [0.05, 0.1) is 15.6 Å². The van der Waals surface area contributed by atoms with Crippen LogP contribution in [0.2, 0.25) is 10.0 Å². The smallest absolute Gasteiger partial charge is 0.253 e. The van der Waals surface area contributed by atoms with E-state index in [1.807, 2.05) is 19.9 Å². The average molecular weight is 273 g/mol. The molecule has 0 fully saturated rings. The van der Waals surface area contributed by atoms with Crippen LogP contribution in [0.15, 0.2) is 23.8 Å². The lowest BCUT2D eigenvalue weighted by molar-refractivity contribution is 0.0958. The Labute approximate surface area is 111 Å². The van der Waals surface area contributed by atoms with Gasteiger partial charge >= 0.3 is 0 Å². The van der Waals surface area contributed by atoms with Crippen molar-refractivity contribution in [2.75, 3.05) is 12.3 Å². The maximum absolute atomic E-state index is 11.8. The average Bonchev–Trinajstić information content (AvgIpc) is 2.22. The van der Waals surface area contributed by atoms with Gasteiger partial charge in [-0.2, -0.15) is 0 Å². The van der Waals surface area contributed by atoms with E-state index < -0.39 is 0 Å². The van der Waals surface area contributed by atoms with Crippen molar-refractivity contribution in [2.24, 2.45) is 0 Å². The molecular formula is C12H14Cl2N2O. The van der Waals surface area contributed by atoms with Crippen LogP contribution in [0.1, 0.15) is 24.2 Å². The summed E-state index contributed by atoms with van der Waals surface area (Å²) in [6, 6.07) is 3.02. The van der Waals surface area contributed by atoms with Crippen LogP contribution in [-0.2, 0) is 0 Å². The van der Waals surface area contributed by atoms with Gasteiger partial charge in [0.25, 0.3) is 5.91 Å². The van der Waals surface area contributed by atoms with Crippen LogP contribution in [0.4, 0.5) is 5.69 Å². The predicted molar refractivity (Wildman–Crippen MR) is 72.6 cm³/mol. The van der Waals surface area contributed by atoms with Crippen LogP contribution in [-0.4, -0.2) is 12.5 Å². The van der Waals surface area contributed by atoms with E-state index in [0.29, 0.717) is 17.8 Å². The van der Waals surface area contributed by atoms with Crippen molar-refractivity contribution < 1.29 is 4.79 Å². The third-order valence-corrected chi connectivity index (χ3v) is 2.87. The molecule has 0 heterocycles. The summed E-state index contributed by atoms with van der Waals surface area (Å²) >= 11 is 11.8. The Morgan fingerprint density at radius 2 is 2.06 bits per heavy atom. The van der Waals surface area contributed by atoms with Gasteiger partial charge < -0.3 is 11.1 Å². The highest BCUT2D eigenvalue weighted by Crippen LogP contribution is 2.28. The molecule has 0 radical (unpaired) electrons. The van der Waals surface area contributed by atoms with E-state index in [-0.39, 0.29) is 16.0 Å². The molecule has 5 heteroatoms. The SMILES string of the molecule is CC(C)=CCNC(=O)c1cc(N)cc(Cl)c1Cl. The summed E-state index contributed by atoms with van der Waals surface area (Å²) < 4.78 is 0. The second kappa shape index (κ2) is 5.94. The number of nitrogens with two attached hydrogens (primary N) is 1. The maximum Gasteiger partial charge on any atom is 0.253 e. The van der Waals surface area contributed by atoms with Crippen molar-refractivity contribution in [3.05, 3.63) is 39.4 Å². The number of anilines is 1. The minimum atomic E-state index is -0.290. The number of hydrogen-bond donors (Lipinski definition) is 2. The molecule has 0 bridgehead atoms. The van der Waals surface area contributed by atoms with E-state index in [0.717, 1.165) is 5.57 Å². The van der Waals surface area contributed by atoms with Crippen LogP contribution in [0.25, 0.3) is 0 Å². The fraction of sp³-hybridized carbons (Fsp3) is 0.250. The van der Waals surface area contributed by atoms with Gasteiger partial charge in [-0.05, 0) is 26.0 Å². The Morgan fingerprint density at radius 3 is 2.65 bits per heavy atom. The number of rotatable bonds is 3. The van der Waals surface area contributed by atoms with E-state index in [1.54, 1.807) is 0 Å². The first-order chi connectivity index (χ1) is 7.91. The van der Waals surface area contributed by atoms with Gasteiger partial charge in [-0.15, -0.1) is 0 Å². The molecule has 0 saturated heterocycles. The fourth-order valence-electron chi connectivity index (χ4n) is 1.22. The first-order valence-corrected chi connectivity index (χ1v) is 5.83. The minimum absolute atomic E-state index is 0.218. The predicted octanol–water partition coefficient (Wildman–Crippen LogP) is 3.27. The van der Waals surface area contributed by atoms with Crippen LogP contribution < -0.4 is 11.1 Å². The molecule has 0 atom stereocenters. The molecule has 3 nitrogen and oxygen atoms in total. The second-order valence-electron chi connectivity index (χ2n) is 3.86. The molecule has 0 aromatic heterocycles. The lowest BCUT2D eigenvalue weighted by Crippen LogP contribution is -2.24. The summed E-state index contributed by atoms with van der Waals surface area (Å²) in [6.07, 6.45) is 1.90. The molecule has 92 valence electrons. The Kier molecular flexibility index (Phi) is 4.85. The summed E-state index contributed by atoms with van der Waals surface area (Å²) in [4.78, 5) is 11.8. The van der Waals surface area contributed by atoms with Crippen LogP contribution in [0.5, 0.6) is 0 Å². The van der Waals surface area contributed by atoms with Crippen molar-refractivity contribution in [1.29, 1.82) is 0 Å². The van der Waals surface area contributed by atoms with Gasteiger partial charge in [-0.1, -0.05) is 34.9 Å². The number of nitrogen functional groups attached to an aromatic ring is 1. The zero-order valence-electron chi connectivity index (χ0n) is 9.68. The van der Waals surface area contributed by atoms with Crippen molar-refractivity contribution >= 4 is 34.8 Å². The monoisotopic (exact) mass is 272 g/mol. The number of amides is 1. The standard InChI is InChI=1S/C12H14Cl2N2O/c1-7(2)3-4-16-12(17)9-5-8(15)6-10(13)11(9)14/h3,5-6H,4,15H2,1-2H3,(H,16,17). The number of benzene rings is 1. The largest absolute Gasteiger partial charge is 0.399 e. The van der Waals surface area contributed by atoms with Crippen molar-refractivity contribution in [2.45, 2.75) is 13.8 Å². The molecule has 3 N–H and O–H groups in total. The van der Waals surface area contributed by atoms with E-state index in [2.05, 4.69) is 5.32 Å². The normalized spacial score (nSPS) is 9.88. The van der Waals surface area contributed by atoms with Crippen molar-refractivity contribution in [3.8, 4) is 0 Å². The molecule has 17 heavy (non-hydrogen) atoms. The third kappa shape index (κ3) is 3.95. The summed E-state index contributed by atoms with van der Waals surface area (Å²) in [5.74, 6) is -0.290. The minimum Gasteiger partial charge on any atom is -0.399 e. The summed E-state index contributed by atoms with van der Waals surface area (Å²) in [6.45, 7) is 4.36. The van der Waals surface area contributed by atoms with Crippen molar-refractivity contribution in [1.82, 2.24) is 5.32 Å². The van der Waals surface area contributed by atoms with Gasteiger partial charge in [-0.25, -0.2) is 0 Å². The Bertz CT molecular complexity index is 466. The summed E-state index contributed by atoms with van der Waals surface area (Å²) in [5, 5.41) is 3.21. The molecule has 0 unspecified atom stereocenters. The molecule has 0 saturated carbocycles. The van der Waals surface area contributed by atoms with Gasteiger partial charge in [0.1, 0.15) is 0 Å². The quantitative estimate of drug-likeness (QED) is 0.656. The third-order valence-electron chi connectivity index (χ3n) is 2.07. The lowest BCUT2D eigenvalue weighted by atomic mass is 10.2. The molecule has 1 aromatic carbocycles. The molecule has 0 aliphatic rings. The van der Waals surface area contributed by atoms with Crippen LogP contribution in [0.3, 0.4) is 0 Å². The molecule has 0 aliphatic heterocycles. The summed E-state index contributed by atoms with van der Waals surface area (Å²) in [7, 11) is 0. The number of hydrogen-bond acceptors (Lipinski definition) is 2. The molecule has 1 amide bonds. The van der Waals surface area contributed by atoms with E-state index >= 15 is 0 Å². The molecular weight excluding hydrogens is 259 g/mol. The number of nitrogens with one attached hydrogen (secondary N) is 1. The van der Waals surface area contributed by atoms with E-state index in [4.69, 9.17) is 28.9 Å². The van der Waals surface area contributed by atoms with E-state index in [1.165, 1.54) is 12.1 Å². The number of halogens is 2. The highest BCUT2D eigenvalue weighted by molar-refractivity contribution is 6.44. The topological polar surface area (TPSA) is 55.1 Å². The lowest BCUT2D eigenvalue weighted by Gasteiger charge is -2.07. The first kappa shape index (κ1) is 13.9. The van der Waals surface area contributed by atoms with Gasteiger partial charge in [0.15, 0.2) is 0 Å². The Balaban J connectivity index is 2.86. The molecule has 1 rings (SSSR count). The number of carbonyl (C=O) groups excluding carboxylic acids is 1. The fourth-order valence-corrected chi connectivity index (χ4v) is 1.64. The number of allylic oxidation sites excluding steroid dienone is 1. The van der Waals surface area contributed by atoms with Gasteiger partial charge in [0, 0.05) is 12.2 Å². The molecule has 1 aromatic rings. The highest BCUT2D eigenvalue weighted by atomic mass is 35.5. The Morgan fingerprint density at radius 1 is 1.41 bits per heavy atom. The van der Waals surface area contributed by atoms with Crippen LogP contribution >= 0.6 is 23.2 Å². The molecule has 0 spiro atoms. The second-order valence-corrected chi connectivity index (χ2v) is 4.64. The maximum atomic E-state index is 11.8. The first-order valence-electron chi connectivity index (χ1n) is 5.08. The number of carbonyl (C=O) groups is 1. The highest BCUT2D eigenvalue weighted by Gasteiger charge is 2.13. The van der Waals surface area contributed by atoms with Crippen LogP contribution in [0, 0.1) is 0 Å². The van der Waals surface area contributed by atoms with Gasteiger partial charge in [0.2, 0.25) is 0 Å². The summed E-state index contributed by atoms with van der Waals surface area (Å²) in [5.41, 5.74) is 7.43. The van der Waals surface area contributed by atoms with E-state index in [9.17, 15) is 4.79 Å². The zero-order valence-corrected chi connectivity index (χ0v) is 11.2. The van der Waals surface area contributed by atoms with Crippen molar-refractivity contribution in [3.63, 3.8) is 0 Å². The molecule has 0 aliphatic carbocycles.